The first-order valence-corrected chi connectivity index (χ1v) is 9.04. The molecule has 0 amide bonds. The largest absolute Gasteiger partial charge is 0.411 e. The molecule has 0 aliphatic heterocycles. The summed E-state index contributed by atoms with van der Waals surface area (Å²) in [7, 11) is 0. The van der Waals surface area contributed by atoms with Gasteiger partial charge in [-0.1, -0.05) is 50.8 Å². The average molecular weight is 330 g/mol. The van der Waals surface area contributed by atoms with Crippen molar-refractivity contribution in [3.8, 4) is 0 Å². The molecule has 0 aromatic heterocycles. The van der Waals surface area contributed by atoms with E-state index in [1.807, 2.05) is 6.08 Å². The number of ether oxygens (including phenoxy) is 1. The summed E-state index contributed by atoms with van der Waals surface area (Å²) in [6, 6.07) is 0. The van der Waals surface area contributed by atoms with Gasteiger partial charge in [0.15, 0.2) is 0 Å². The van der Waals surface area contributed by atoms with Crippen LogP contribution in [-0.2, 0) is 4.74 Å². The lowest BCUT2D eigenvalue weighted by molar-refractivity contribution is -0.180. The molecule has 0 N–H and O–H groups in total. The third-order valence-electron chi connectivity index (χ3n) is 5.08. The number of halogens is 3. The van der Waals surface area contributed by atoms with Gasteiger partial charge in [0.25, 0.3) is 0 Å². The molecule has 1 saturated carbocycles. The van der Waals surface area contributed by atoms with Crippen molar-refractivity contribution in [2.45, 2.75) is 77.0 Å². The molecule has 2 rings (SSSR count). The van der Waals surface area contributed by atoms with E-state index in [-0.39, 0.29) is 0 Å². The molecular weight excluding hydrogens is 301 g/mol. The van der Waals surface area contributed by atoms with Gasteiger partial charge in [0, 0.05) is 0 Å². The van der Waals surface area contributed by atoms with Crippen molar-refractivity contribution in [2.75, 3.05) is 6.61 Å². The van der Waals surface area contributed by atoms with E-state index in [0.29, 0.717) is 12.3 Å². The Balaban J connectivity index is 1.69. The molecule has 0 aromatic rings. The third-order valence-corrected chi connectivity index (χ3v) is 5.08. The maximum atomic E-state index is 12.2. The maximum Gasteiger partial charge on any atom is 0.411 e. The fraction of sp³-hybridized carbons (Fsp3) is 0.789. The molecule has 1 unspecified atom stereocenters. The Bertz CT molecular complexity index is 403. The molecule has 2 aliphatic rings. The van der Waals surface area contributed by atoms with Crippen molar-refractivity contribution in [2.24, 2.45) is 11.8 Å². The molecule has 2 aliphatic carbocycles. The second kappa shape index (κ2) is 8.91. The topological polar surface area (TPSA) is 9.23 Å². The molecule has 0 heterocycles. The van der Waals surface area contributed by atoms with Crippen molar-refractivity contribution >= 4 is 0 Å². The van der Waals surface area contributed by atoms with Crippen molar-refractivity contribution in [1.82, 2.24) is 0 Å². The number of rotatable bonds is 7. The highest BCUT2D eigenvalue weighted by Crippen LogP contribution is 2.37. The van der Waals surface area contributed by atoms with Crippen LogP contribution in [0.3, 0.4) is 0 Å². The monoisotopic (exact) mass is 330 g/mol. The first kappa shape index (κ1) is 18.6. The highest BCUT2D eigenvalue weighted by atomic mass is 19.4. The van der Waals surface area contributed by atoms with E-state index in [2.05, 4.69) is 13.0 Å². The Labute approximate surface area is 138 Å². The fourth-order valence-electron chi connectivity index (χ4n) is 3.71. The summed E-state index contributed by atoms with van der Waals surface area (Å²) in [6.07, 6.45) is 12.2. The van der Waals surface area contributed by atoms with Gasteiger partial charge in [0.1, 0.15) is 6.61 Å². The van der Waals surface area contributed by atoms with Crippen LogP contribution in [0, 0.1) is 11.8 Å². The first-order valence-electron chi connectivity index (χ1n) is 9.04. The van der Waals surface area contributed by atoms with E-state index in [1.54, 1.807) is 6.08 Å². The minimum atomic E-state index is -4.24. The standard InChI is InChI=1S/C19H29F3O/c1-2-3-4-5-15-6-8-16(9-7-15)17-10-12-18(13-11-17)23-14-19(20,21)22/h10-12,15-16,18H,2-9,13-14H2,1H3/t15-,16-,18?. The Morgan fingerprint density at radius 1 is 1.13 bits per heavy atom. The molecule has 1 nitrogen and oxygen atoms in total. The van der Waals surface area contributed by atoms with Crippen LogP contribution >= 0.6 is 0 Å². The van der Waals surface area contributed by atoms with E-state index in [4.69, 9.17) is 4.74 Å². The SMILES string of the molecule is CCCCC[C@H]1CC[C@H](C2=CCC(OCC(F)(F)F)C=C2)CC1. The Kier molecular flexibility index (Phi) is 7.19. The van der Waals surface area contributed by atoms with Crippen LogP contribution in [0.2, 0.25) is 0 Å². The number of hydrogen-bond donors (Lipinski definition) is 0. The second-order valence-corrected chi connectivity index (χ2v) is 6.98. The van der Waals surface area contributed by atoms with Gasteiger partial charge in [-0.15, -0.1) is 0 Å². The smallest absolute Gasteiger partial charge is 0.364 e. The van der Waals surface area contributed by atoms with Gasteiger partial charge < -0.3 is 4.74 Å². The second-order valence-electron chi connectivity index (χ2n) is 6.98. The lowest BCUT2D eigenvalue weighted by atomic mass is 9.76. The Morgan fingerprint density at radius 2 is 1.87 bits per heavy atom. The number of hydrogen-bond acceptors (Lipinski definition) is 1. The quantitative estimate of drug-likeness (QED) is 0.504. The highest BCUT2D eigenvalue weighted by molar-refractivity contribution is 5.27. The molecule has 0 saturated heterocycles. The van der Waals surface area contributed by atoms with Gasteiger partial charge >= 0.3 is 6.18 Å². The summed E-state index contributed by atoms with van der Waals surface area (Å²) >= 11 is 0. The lowest BCUT2D eigenvalue weighted by Crippen LogP contribution is -2.23. The van der Waals surface area contributed by atoms with Crippen molar-refractivity contribution in [3.63, 3.8) is 0 Å². The zero-order chi connectivity index (χ0) is 16.7. The summed E-state index contributed by atoms with van der Waals surface area (Å²) < 4.78 is 41.4. The van der Waals surface area contributed by atoms with Gasteiger partial charge in [-0.25, -0.2) is 0 Å². The van der Waals surface area contributed by atoms with Crippen LogP contribution in [-0.4, -0.2) is 18.9 Å². The number of unbranched alkanes of at least 4 members (excludes halogenated alkanes) is 2. The van der Waals surface area contributed by atoms with Gasteiger partial charge in [-0.2, -0.15) is 13.2 Å². The van der Waals surface area contributed by atoms with E-state index >= 15 is 0 Å². The van der Waals surface area contributed by atoms with Crippen molar-refractivity contribution in [3.05, 3.63) is 23.8 Å². The molecule has 132 valence electrons. The van der Waals surface area contributed by atoms with Gasteiger partial charge in [-0.3, -0.25) is 0 Å². The van der Waals surface area contributed by atoms with Crippen LogP contribution in [0.5, 0.6) is 0 Å². The van der Waals surface area contributed by atoms with E-state index in [0.717, 1.165) is 5.92 Å². The van der Waals surface area contributed by atoms with Gasteiger partial charge in [0.05, 0.1) is 6.10 Å². The molecule has 4 heteroatoms. The van der Waals surface area contributed by atoms with Crippen molar-refractivity contribution < 1.29 is 17.9 Å². The minimum absolute atomic E-state index is 0.425. The molecular formula is C19H29F3O. The van der Waals surface area contributed by atoms with Gasteiger partial charge in [0.2, 0.25) is 0 Å². The van der Waals surface area contributed by atoms with Crippen LogP contribution in [0.4, 0.5) is 13.2 Å². The predicted molar refractivity (Wildman–Crippen MR) is 87.2 cm³/mol. The summed E-state index contributed by atoms with van der Waals surface area (Å²) in [5, 5.41) is 0. The van der Waals surface area contributed by atoms with Crippen LogP contribution < -0.4 is 0 Å². The van der Waals surface area contributed by atoms with Crippen LogP contribution in [0.25, 0.3) is 0 Å². The summed E-state index contributed by atoms with van der Waals surface area (Å²) in [5.41, 5.74) is 1.31. The van der Waals surface area contributed by atoms with Gasteiger partial charge in [-0.05, 0) is 49.5 Å². The molecule has 0 aromatic carbocycles. The molecule has 1 atom stereocenters. The molecule has 0 spiro atoms. The van der Waals surface area contributed by atoms with Crippen LogP contribution in [0.1, 0.15) is 64.7 Å². The lowest BCUT2D eigenvalue weighted by Gasteiger charge is -2.31. The zero-order valence-corrected chi connectivity index (χ0v) is 14.1. The van der Waals surface area contributed by atoms with E-state index < -0.39 is 18.9 Å². The van der Waals surface area contributed by atoms with Crippen molar-refractivity contribution in [1.29, 1.82) is 0 Å². The summed E-state index contributed by atoms with van der Waals surface area (Å²) in [6.45, 7) is 1.08. The fourth-order valence-corrected chi connectivity index (χ4v) is 3.71. The van der Waals surface area contributed by atoms with Crippen LogP contribution in [0.15, 0.2) is 23.8 Å². The molecule has 1 fully saturated rings. The maximum absolute atomic E-state index is 12.2. The number of alkyl halides is 3. The summed E-state index contributed by atoms with van der Waals surface area (Å²) in [4.78, 5) is 0. The predicted octanol–water partition coefficient (Wildman–Crippen LogP) is 6.21. The Morgan fingerprint density at radius 3 is 2.43 bits per heavy atom. The zero-order valence-electron chi connectivity index (χ0n) is 14.1. The highest BCUT2D eigenvalue weighted by Gasteiger charge is 2.29. The third kappa shape index (κ3) is 6.70. The molecule has 0 bridgehead atoms. The molecule has 0 radical (unpaired) electrons. The van der Waals surface area contributed by atoms with E-state index in [1.165, 1.54) is 56.9 Å². The Hall–Kier alpha value is -0.770. The molecule has 23 heavy (non-hydrogen) atoms. The first-order chi connectivity index (χ1) is 11.0. The van der Waals surface area contributed by atoms with E-state index in [9.17, 15) is 13.2 Å². The summed E-state index contributed by atoms with van der Waals surface area (Å²) in [5.74, 6) is 1.48. The normalized spacial score (nSPS) is 28.7. The average Bonchev–Trinajstić information content (AvgIpc) is 2.54. The minimum Gasteiger partial charge on any atom is -0.364 e. The number of allylic oxidation sites excluding steroid dienone is 2.